The highest BCUT2D eigenvalue weighted by molar-refractivity contribution is 6.05. The molecule has 3 aliphatic rings. The molecule has 10 heteroatoms. The number of anilines is 1. The molecular weight excluding hydrogens is 530 g/mol. The number of rotatable bonds is 7. The van der Waals surface area contributed by atoms with Gasteiger partial charge in [-0.15, -0.1) is 0 Å². The van der Waals surface area contributed by atoms with E-state index in [4.69, 9.17) is 4.98 Å². The molecule has 0 bridgehead atoms. The van der Waals surface area contributed by atoms with E-state index in [0.29, 0.717) is 24.4 Å². The largest absolute Gasteiger partial charge is 0.372 e. The highest BCUT2D eigenvalue weighted by atomic mass is 16.2. The molecule has 2 aromatic carbocycles. The molecule has 2 fully saturated rings. The third-order valence-electron chi connectivity index (χ3n) is 8.86. The first kappa shape index (κ1) is 26.3. The predicted molar refractivity (Wildman–Crippen MR) is 157 cm³/mol. The number of nitrogens with one attached hydrogen (secondary N) is 1. The van der Waals surface area contributed by atoms with Crippen molar-refractivity contribution in [1.29, 1.82) is 0 Å². The van der Waals surface area contributed by atoms with Crippen LogP contribution in [0.15, 0.2) is 61.1 Å². The molecule has 2 aromatic heterocycles. The fraction of sp³-hybridized carbons (Fsp3) is 0.375. The second-order valence-electron chi connectivity index (χ2n) is 11.6. The van der Waals surface area contributed by atoms with E-state index in [2.05, 4.69) is 32.6 Å². The van der Waals surface area contributed by atoms with Crippen molar-refractivity contribution < 1.29 is 14.4 Å². The van der Waals surface area contributed by atoms with E-state index in [1.807, 2.05) is 53.5 Å². The van der Waals surface area contributed by atoms with Crippen molar-refractivity contribution in [3.63, 3.8) is 0 Å². The summed E-state index contributed by atoms with van der Waals surface area (Å²) >= 11 is 0. The molecule has 1 N–H and O–H groups in total. The number of hydrogen-bond acceptors (Lipinski definition) is 7. The summed E-state index contributed by atoms with van der Waals surface area (Å²) < 4.78 is 2.01. The number of benzene rings is 2. The third kappa shape index (κ3) is 5.13. The molecule has 3 aliphatic heterocycles. The van der Waals surface area contributed by atoms with Gasteiger partial charge < -0.3 is 9.80 Å². The smallest absolute Gasteiger partial charge is 0.255 e. The molecule has 0 radical (unpaired) electrons. The molecule has 0 spiro atoms. The molecule has 2 saturated heterocycles. The molecule has 0 saturated carbocycles. The molecule has 1 atom stereocenters. The normalized spacial score (nSPS) is 19.4. The number of fused-ring (bicyclic) bond motifs is 2. The fourth-order valence-electron chi connectivity index (χ4n) is 6.49. The zero-order valence-electron chi connectivity index (χ0n) is 23.4. The Kier molecular flexibility index (Phi) is 6.89. The van der Waals surface area contributed by atoms with Crippen LogP contribution >= 0.6 is 0 Å². The Hall–Kier alpha value is -4.60. The summed E-state index contributed by atoms with van der Waals surface area (Å²) in [6.07, 6.45) is 10.9. The Bertz CT molecular complexity index is 1670. The Morgan fingerprint density at radius 1 is 0.952 bits per heavy atom. The Labute approximate surface area is 243 Å². The molecule has 1 unspecified atom stereocenters. The van der Waals surface area contributed by atoms with E-state index in [1.54, 1.807) is 4.90 Å². The van der Waals surface area contributed by atoms with Gasteiger partial charge in [-0.05, 0) is 73.9 Å². The first-order chi connectivity index (χ1) is 20.5. The van der Waals surface area contributed by atoms with E-state index in [1.165, 1.54) is 6.42 Å². The predicted octanol–water partition coefficient (Wildman–Crippen LogP) is 3.95. The second kappa shape index (κ2) is 11.0. The van der Waals surface area contributed by atoms with Crippen molar-refractivity contribution in [1.82, 2.24) is 30.0 Å². The van der Waals surface area contributed by atoms with Crippen molar-refractivity contribution in [3.05, 3.63) is 72.2 Å². The van der Waals surface area contributed by atoms with Crippen LogP contribution in [-0.4, -0.2) is 61.5 Å². The van der Waals surface area contributed by atoms with Crippen LogP contribution in [0.3, 0.4) is 0 Å². The third-order valence-corrected chi connectivity index (χ3v) is 8.86. The molecule has 3 amide bonds. The summed E-state index contributed by atoms with van der Waals surface area (Å²) in [6, 6.07) is 13.3. The van der Waals surface area contributed by atoms with Crippen LogP contribution in [-0.2, 0) is 22.7 Å². The number of imide groups is 1. The topological polar surface area (TPSA) is 113 Å². The Morgan fingerprint density at radius 2 is 1.79 bits per heavy atom. The second-order valence-corrected chi connectivity index (χ2v) is 11.6. The summed E-state index contributed by atoms with van der Waals surface area (Å²) in [6.45, 7) is 3.26. The van der Waals surface area contributed by atoms with Gasteiger partial charge in [0.15, 0.2) is 0 Å². The Morgan fingerprint density at radius 3 is 2.62 bits per heavy atom. The maximum absolute atomic E-state index is 13.0. The van der Waals surface area contributed by atoms with Crippen LogP contribution in [0.1, 0.15) is 54.4 Å². The zero-order chi connectivity index (χ0) is 28.6. The number of carbonyl (C=O) groups excluding carboxylic acids is 3. The maximum Gasteiger partial charge on any atom is 0.255 e. The number of hydrogen-bond donors (Lipinski definition) is 1. The first-order valence-corrected chi connectivity index (χ1v) is 14.8. The molecule has 4 aromatic rings. The number of piperidine rings is 2. The monoisotopic (exact) mass is 563 g/mol. The van der Waals surface area contributed by atoms with Crippen molar-refractivity contribution in [2.45, 2.75) is 57.7 Å². The van der Waals surface area contributed by atoms with Gasteiger partial charge in [-0.2, -0.15) is 5.10 Å². The lowest BCUT2D eigenvalue weighted by molar-refractivity contribution is -0.136. The van der Waals surface area contributed by atoms with Gasteiger partial charge in [0.1, 0.15) is 6.04 Å². The fourth-order valence-corrected chi connectivity index (χ4v) is 6.49. The van der Waals surface area contributed by atoms with Crippen molar-refractivity contribution in [2.75, 3.05) is 18.0 Å². The lowest BCUT2D eigenvalue weighted by Crippen LogP contribution is -2.52. The van der Waals surface area contributed by atoms with Gasteiger partial charge in [-0.3, -0.25) is 29.4 Å². The highest BCUT2D eigenvalue weighted by Gasteiger charge is 2.39. The van der Waals surface area contributed by atoms with E-state index < -0.39 is 6.04 Å². The Balaban J connectivity index is 0.901. The summed E-state index contributed by atoms with van der Waals surface area (Å²) in [5.41, 5.74) is 6.35. The van der Waals surface area contributed by atoms with E-state index >= 15 is 0 Å². The standard InChI is InChI=1S/C32H33N7O3/c40-30-10-9-29(31(41)36-30)39-20-22-16-24(7-8-25(22)32(39)42)37-14-11-21(12-15-37)4-3-13-38-19-23(17-34-38)28-18-33-26-5-1-2-6-27(26)35-28/h1-2,5-8,16-19,21,29H,3-4,9-15,20H2,(H,36,40,41). The zero-order valence-corrected chi connectivity index (χ0v) is 23.4. The summed E-state index contributed by atoms with van der Waals surface area (Å²) in [5, 5.41) is 6.93. The molecule has 42 heavy (non-hydrogen) atoms. The first-order valence-electron chi connectivity index (χ1n) is 14.8. The summed E-state index contributed by atoms with van der Waals surface area (Å²) in [5.74, 6) is -0.0863. The maximum atomic E-state index is 13.0. The van der Waals surface area contributed by atoms with Crippen LogP contribution in [0.4, 0.5) is 5.69 Å². The highest BCUT2D eigenvalue weighted by Crippen LogP contribution is 2.33. The number of amides is 3. The van der Waals surface area contributed by atoms with Gasteiger partial charge in [-0.25, -0.2) is 4.98 Å². The summed E-state index contributed by atoms with van der Waals surface area (Å²) in [7, 11) is 0. The van der Waals surface area contributed by atoms with E-state index in [-0.39, 0.29) is 24.1 Å². The molecular formula is C32H33N7O3. The van der Waals surface area contributed by atoms with Crippen molar-refractivity contribution in [3.8, 4) is 11.3 Å². The molecule has 10 nitrogen and oxygen atoms in total. The van der Waals surface area contributed by atoms with Gasteiger partial charge >= 0.3 is 0 Å². The number of aryl methyl sites for hydroxylation is 1. The van der Waals surface area contributed by atoms with Gasteiger partial charge in [0.2, 0.25) is 11.8 Å². The number of aromatic nitrogens is 4. The average molecular weight is 564 g/mol. The van der Waals surface area contributed by atoms with Gasteiger partial charge in [-0.1, -0.05) is 12.1 Å². The number of para-hydroxylation sites is 2. The van der Waals surface area contributed by atoms with Crippen LogP contribution in [0, 0.1) is 5.92 Å². The minimum Gasteiger partial charge on any atom is -0.372 e. The van der Waals surface area contributed by atoms with E-state index in [0.717, 1.165) is 72.4 Å². The lowest BCUT2D eigenvalue weighted by Gasteiger charge is -2.34. The van der Waals surface area contributed by atoms with Crippen LogP contribution in [0.5, 0.6) is 0 Å². The van der Waals surface area contributed by atoms with Gasteiger partial charge in [0, 0.05) is 55.6 Å². The van der Waals surface area contributed by atoms with Crippen molar-refractivity contribution in [2.24, 2.45) is 5.92 Å². The molecule has 214 valence electrons. The quantitative estimate of drug-likeness (QED) is 0.339. The van der Waals surface area contributed by atoms with Crippen LogP contribution in [0.2, 0.25) is 0 Å². The minimum atomic E-state index is -0.581. The number of nitrogens with zero attached hydrogens (tertiary/aromatic N) is 6. The van der Waals surface area contributed by atoms with E-state index in [9.17, 15) is 14.4 Å². The minimum absolute atomic E-state index is 0.126. The lowest BCUT2D eigenvalue weighted by atomic mass is 9.91. The molecule has 7 rings (SSSR count). The van der Waals surface area contributed by atoms with Gasteiger partial charge in [0.05, 0.1) is 29.1 Å². The SMILES string of the molecule is O=C1CCC(N2Cc3cc(N4CCC(CCCn5cc(-c6cnc7ccccc7n6)cn5)CC4)ccc3C2=O)C(=O)N1. The summed E-state index contributed by atoms with van der Waals surface area (Å²) in [4.78, 5) is 50.2. The average Bonchev–Trinajstić information content (AvgIpc) is 3.61. The molecule has 5 heterocycles. The van der Waals surface area contributed by atoms with Gasteiger partial charge in [0.25, 0.3) is 5.91 Å². The van der Waals surface area contributed by atoms with Crippen LogP contribution < -0.4 is 10.2 Å². The molecule has 0 aliphatic carbocycles. The van der Waals surface area contributed by atoms with Crippen LogP contribution in [0.25, 0.3) is 22.3 Å². The number of carbonyl (C=O) groups is 3. The van der Waals surface area contributed by atoms with Crippen molar-refractivity contribution >= 4 is 34.4 Å².